The zero-order valence-corrected chi connectivity index (χ0v) is 13.5. The van der Waals surface area contributed by atoms with Crippen LogP contribution in [0.15, 0.2) is 0 Å². The average Bonchev–Trinajstić information content (AvgIpc) is 2.38. The summed E-state index contributed by atoms with van der Waals surface area (Å²) >= 11 is 0. The van der Waals surface area contributed by atoms with E-state index in [1.54, 1.807) is 0 Å². The highest BCUT2D eigenvalue weighted by Gasteiger charge is 2.20. The van der Waals surface area contributed by atoms with Crippen LogP contribution in [-0.2, 0) is 9.47 Å². The molecule has 0 aromatic heterocycles. The molecule has 112 valence electrons. The van der Waals surface area contributed by atoms with Crippen LogP contribution in [0.3, 0.4) is 0 Å². The molecule has 0 aliphatic heterocycles. The first kappa shape index (κ1) is 20.5. The van der Waals surface area contributed by atoms with Crippen molar-refractivity contribution in [2.24, 2.45) is 0 Å². The van der Waals surface area contributed by atoms with E-state index in [0.717, 1.165) is 43.9 Å². The highest BCUT2D eigenvalue weighted by molar-refractivity contribution is 4.38. The second-order valence-corrected chi connectivity index (χ2v) is 4.71. The number of halogens is 1. The van der Waals surface area contributed by atoms with Gasteiger partial charge < -0.3 is 26.4 Å². The molecule has 0 radical (unpaired) electrons. The summed E-state index contributed by atoms with van der Waals surface area (Å²) in [5.41, 5.74) is 0. The van der Waals surface area contributed by atoms with Gasteiger partial charge >= 0.3 is 0 Å². The van der Waals surface area contributed by atoms with Crippen molar-refractivity contribution in [3.8, 4) is 0 Å². The van der Waals surface area contributed by atoms with Crippen molar-refractivity contribution < 1.29 is 26.4 Å². The van der Waals surface area contributed by atoms with Crippen LogP contribution < -0.4 is 12.4 Å². The van der Waals surface area contributed by atoms with E-state index in [1.807, 2.05) is 0 Å². The molecule has 0 unspecified atom stereocenters. The van der Waals surface area contributed by atoms with Crippen LogP contribution >= 0.6 is 0 Å². The largest absolute Gasteiger partial charge is 1.00 e. The summed E-state index contributed by atoms with van der Waals surface area (Å²) in [6.07, 6.45) is 5.02. The van der Waals surface area contributed by atoms with Crippen molar-refractivity contribution in [3.63, 3.8) is 0 Å². The van der Waals surface area contributed by atoms with Gasteiger partial charge in [-0.25, -0.2) is 0 Å². The lowest BCUT2D eigenvalue weighted by Crippen LogP contribution is -3.00. The summed E-state index contributed by atoms with van der Waals surface area (Å²) in [6, 6.07) is 0. The lowest BCUT2D eigenvalue weighted by atomic mass is 10.2. The fraction of sp³-hybridized carbons (Fsp3) is 1.00. The van der Waals surface area contributed by atoms with Gasteiger partial charge in [-0.3, -0.25) is 0 Å². The summed E-state index contributed by atoms with van der Waals surface area (Å²) in [6.45, 7) is 14.3. The molecule has 0 aliphatic rings. The molecule has 0 spiro atoms. The van der Waals surface area contributed by atoms with Crippen LogP contribution in [0.1, 0.15) is 53.4 Å². The molecule has 0 aliphatic carbocycles. The Labute approximate surface area is 120 Å². The van der Waals surface area contributed by atoms with Gasteiger partial charge in [0.05, 0.1) is 19.6 Å². The van der Waals surface area contributed by atoms with Crippen LogP contribution in [0.25, 0.3) is 0 Å². The molecular weight excluding hydrogens is 250 g/mol. The first-order chi connectivity index (χ1) is 8.24. The lowest BCUT2D eigenvalue weighted by Gasteiger charge is -2.34. The van der Waals surface area contributed by atoms with E-state index in [9.17, 15) is 0 Å². The number of quaternary nitrogens is 1. The summed E-state index contributed by atoms with van der Waals surface area (Å²) in [5, 5.41) is 0. The molecular formula is C14H32ClNO2. The number of ether oxygens (including phenoxy) is 2. The quantitative estimate of drug-likeness (QED) is 0.293. The summed E-state index contributed by atoms with van der Waals surface area (Å²) < 4.78 is 12.1. The van der Waals surface area contributed by atoms with Crippen LogP contribution in [-0.4, -0.2) is 44.2 Å². The summed E-state index contributed by atoms with van der Waals surface area (Å²) in [5.74, 6) is 0. The maximum Gasteiger partial charge on any atom is 0.185 e. The zero-order valence-electron chi connectivity index (χ0n) is 12.7. The van der Waals surface area contributed by atoms with E-state index >= 15 is 0 Å². The minimum absolute atomic E-state index is 0. The Bertz CT molecular complexity index is 156. The number of unbranched alkanes of at least 4 members (excludes halogenated alkanes) is 3. The van der Waals surface area contributed by atoms with Gasteiger partial charge in [-0.2, -0.15) is 0 Å². The van der Waals surface area contributed by atoms with Crippen LogP contribution in [0.2, 0.25) is 0 Å². The van der Waals surface area contributed by atoms with E-state index in [4.69, 9.17) is 9.47 Å². The SMILES string of the molecule is CCCCCCOCOC[N+](CC)(CC)CC.[Cl-]. The van der Waals surface area contributed by atoms with Gasteiger partial charge in [-0.15, -0.1) is 0 Å². The van der Waals surface area contributed by atoms with E-state index in [-0.39, 0.29) is 12.4 Å². The molecule has 0 saturated heterocycles. The maximum absolute atomic E-state index is 5.63. The number of hydrogen-bond acceptors (Lipinski definition) is 2. The Kier molecular flexibility index (Phi) is 15.5. The van der Waals surface area contributed by atoms with Crippen molar-refractivity contribution in [2.45, 2.75) is 53.4 Å². The number of nitrogens with zero attached hydrogens (tertiary/aromatic N) is 1. The van der Waals surface area contributed by atoms with Crippen molar-refractivity contribution >= 4 is 0 Å². The minimum Gasteiger partial charge on any atom is -1.00 e. The lowest BCUT2D eigenvalue weighted by molar-refractivity contribution is -0.941. The molecule has 0 aromatic carbocycles. The smallest absolute Gasteiger partial charge is 0.185 e. The highest BCUT2D eigenvalue weighted by atomic mass is 35.5. The Morgan fingerprint density at radius 3 is 1.89 bits per heavy atom. The van der Waals surface area contributed by atoms with Gasteiger partial charge in [0.2, 0.25) is 0 Å². The minimum atomic E-state index is 0. The first-order valence-corrected chi connectivity index (χ1v) is 7.25. The van der Waals surface area contributed by atoms with Gasteiger partial charge in [-0.05, 0) is 27.2 Å². The molecule has 4 heteroatoms. The summed E-state index contributed by atoms with van der Waals surface area (Å²) in [7, 11) is 0. The molecule has 0 amide bonds. The predicted molar refractivity (Wildman–Crippen MR) is 72.8 cm³/mol. The maximum atomic E-state index is 5.63. The van der Waals surface area contributed by atoms with Crippen LogP contribution in [0.5, 0.6) is 0 Å². The van der Waals surface area contributed by atoms with E-state index in [1.165, 1.54) is 19.3 Å². The molecule has 18 heavy (non-hydrogen) atoms. The monoisotopic (exact) mass is 281 g/mol. The topological polar surface area (TPSA) is 18.5 Å². The Balaban J connectivity index is 0. The molecule has 3 nitrogen and oxygen atoms in total. The predicted octanol–water partition coefficient (Wildman–Crippen LogP) is 0.395. The van der Waals surface area contributed by atoms with Gasteiger partial charge in [-0.1, -0.05) is 26.2 Å². The van der Waals surface area contributed by atoms with Crippen LogP contribution in [0.4, 0.5) is 0 Å². The molecule has 0 aromatic rings. The first-order valence-electron chi connectivity index (χ1n) is 7.25. The van der Waals surface area contributed by atoms with E-state index in [2.05, 4.69) is 27.7 Å². The highest BCUT2D eigenvalue weighted by Crippen LogP contribution is 2.06. The van der Waals surface area contributed by atoms with Crippen molar-refractivity contribution in [3.05, 3.63) is 0 Å². The van der Waals surface area contributed by atoms with Gasteiger partial charge in [0, 0.05) is 6.61 Å². The molecule has 0 bridgehead atoms. The van der Waals surface area contributed by atoms with E-state index < -0.39 is 0 Å². The second-order valence-electron chi connectivity index (χ2n) is 4.71. The third kappa shape index (κ3) is 9.15. The molecule has 0 N–H and O–H groups in total. The third-order valence-corrected chi connectivity index (χ3v) is 3.69. The molecule has 0 saturated carbocycles. The van der Waals surface area contributed by atoms with Crippen molar-refractivity contribution in [1.29, 1.82) is 0 Å². The standard InChI is InChI=1S/C14H32NO2.ClH/c1-5-9-10-11-12-16-14-17-13-15(6-2,7-3)8-4;/h5-14H2,1-4H3;1H/q+1;/p-1. The molecule has 0 atom stereocenters. The zero-order chi connectivity index (χ0) is 13.0. The Morgan fingerprint density at radius 1 is 0.778 bits per heavy atom. The normalized spacial score (nSPS) is 11.3. The van der Waals surface area contributed by atoms with Gasteiger partial charge in [0.25, 0.3) is 0 Å². The van der Waals surface area contributed by atoms with Gasteiger partial charge in [0.15, 0.2) is 13.5 Å². The fourth-order valence-corrected chi connectivity index (χ4v) is 1.92. The third-order valence-electron chi connectivity index (χ3n) is 3.69. The number of rotatable bonds is 12. The molecule has 0 heterocycles. The summed E-state index contributed by atoms with van der Waals surface area (Å²) in [4.78, 5) is 0. The average molecular weight is 282 g/mol. The molecule has 0 fully saturated rings. The van der Waals surface area contributed by atoms with E-state index in [0.29, 0.717) is 6.79 Å². The second kappa shape index (κ2) is 13.6. The van der Waals surface area contributed by atoms with Crippen molar-refractivity contribution in [1.82, 2.24) is 0 Å². The van der Waals surface area contributed by atoms with Crippen molar-refractivity contribution in [2.75, 3.05) is 39.8 Å². The number of hydrogen-bond donors (Lipinski definition) is 0. The van der Waals surface area contributed by atoms with Gasteiger partial charge in [0.1, 0.15) is 0 Å². The Hall–Kier alpha value is 0.170. The Morgan fingerprint density at radius 2 is 1.39 bits per heavy atom. The fourth-order valence-electron chi connectivity index (χ4n) is 1.92. The van der Waals surface area contributed by atoms with Crippen LogP contribution in [0, 0.1) is 0 Å². The molecule has 0 rings (SSSR count).